The summed E-state index contributed by atoms with van der Waals surface area (Å²) in [5.74, 6) is 0.171. The smallest absolute Gasteiger partial charge is 0.142 e. The summed E-state index contributed by atoms with van der Waals surface area (Å²) in [7, 11) is 0. The molecule has 51 valence electrons. The van der Waals surface area contributed by atoms with Crippen molar-refractivity contribution in [3.8, 4) is 0 Å². The molecule has 10 heavy (non-hydrogen) atoms. The molecule has 0 saturated heterocycles. The van der Waals surface area contributed by atoms with E-state index in [4.69, 9.17) is 6.58 Å². The van der Waals surface area contributed by atoms with Gasteiger partial charge < -0.3 is 0 Å². The molecule has 0 N–H and O–H groups in total. The van der Waals surface area contributed by atoms with E-state index in [1.54, 1.807) is 0 Å². The first kappa shape index (κ1) is 10.3. The van der Waals surface area contributed by atoms with Crippen molar-refractivity contribution in [1.29, 1.82) is 0 Å². The van der Waals surface area contributed by atoms with Gasteiger partial charge in [0.25, 0.3) is 0 Å². The Hall–Kier alpha value is 0.254. The van der Waals surface area contributed by atoms with Gasteiger partial charge in [0.05, 0.1) is 0 Å². The summed E-state index contributed by atoms with van der Waals surface area (Å²) < 4.78 is 0. The summed E-state index contributed by atoms with van der Waals surface area (Å²) in [4.78, 5) is 10.8. The zero-order valence-corrected chi connectivity index (χ0v) is 9.11. The van der Waals surface area contributed by atoms with Gasteiger partial charge in [-0.25, -0.2) is 5.57 Å². The number of Topliss-reactive ketones (excluding diaryl/α,β-unsaturated/α-hetero) is 1. The SMILES string of the molecule is [CH-]=C1CC(=O)C(C)=C1C.[Y]. The molecule has 0 aromatic carbocycles. The fraction of sp³-hybridized carbons (Fsp3) is 0.375. The normalized spacial score (nSPS) is 17.8. The van der Waals surface area contributed by atoms with Crippen LogP contribution >= 0.6 is 0 Å². The molecule has 1 nitrogen and oxygen atoms in total. The van der Waals surface area contributed by atoms with Gasteiger partial charge in [-0.3, -0.25) is 11.4 Å². The van der Waals surface area contributed by atoms with Crippen molar-refractivity contribution in [3.05, 3.63) is 23.3 Å². The number of carbonyl (C=O) groups excluding carboxylic acids is 1. The quantitative estimate of drug-likeness (QED) is 0.555. The monoisotopic (exact) mass is 210 g/mol. The van der Waals surface area contributed by atoms with Crippen molar-refractivity contribution < 1.29 is 37.5 Å². The van der Waals surface area contributed by atoms with Crippen LogP contribution in [0.2, 0.25) is 0 Å². The molecule has 0 amide bonds. The van der Waals surface area contributed by atoms with Gasteiger partial charge >= 0.3 is 0 Å². The van der Waals surface area contributed by atoms with E-state index < -0.39 is 0 Å². The average molecular weight is 210 g/mol. The molecule has 0 aliphatic heterocycles. The first-order valence-electron chi connectivity index (χ1n) is 2.95. The van der Waals surface area contributed by atoms with Gasteiger partial charge in [0, 0.05) is 39.1 Å². The Kier molecular flexibility index (Phi) is 3.68. The molecule has 0 spiro atoms. The molecule has 0 saturated carbocycles. The summed E-state index contributed by atoms with van der Waals surface area (Å²) in [5.41, 5.74) is 2.53. The molecule has 0 unspecified atom stereocenters. The van der Waals surface area contributed by atoms with Crippen LogP contribution in [0, 0.1) is 6.58 Å². The third-order valence-electron chi connectivity index (χ3n) is 1.81. The van der Waals surface area contributed by atoms with Crippen LogP contribution in [-0.4, -0.2) is 5.78 Å². The van der Waals surface area contributed by atoms with Crippen LogP contribution in [0.25, 0.3) is 0 Å². The molecule has 1 radical (unpaired) electrons. The second kappa shape index (κ2) is 3.59. The van der Waals surface area contributed by atoms with Crippen LogP contribution in [0.4, 0.5) is 0 Å². The van der Waals surface area contributed by atoms with Gasteiger partial charge in [-0.2, -0.15) is 5.57 Å². The molecule has 0 heterocycles. The van der Waals surface area contributed by atoms with E-state index in [1.165, 1.54) is 0 Å². The topological polar surface area (TPSA) is 17.1 Å². The Bertz CT molecular complexity index is 191. The van der Waals surface area contributed by atoms with E-state index in [-0.39, 0.29) is 38.5 Å². The van der Waals surface area contributed by atoms with Gasteiger partial charge in [0.15, 0.2) is 0 Å². The first-order valence-corrected chi connectivity index (χ1v) is 2.95. The fourth-order valence-corrected chi connectivity index (χ4v) is 0.888. The number of carbonyl (C=O) groups is 1. The van der Waals surface area contributed by atoms with Crippen LogP contribution in [-0.2, 0) is 37.5 Å². The molecular weight excluding hydrogens is 201 g/mol. The van der Waals surface area contributed by atoms with Crippen molar-refractivity contribution in [2.75, 3.05) is 0 Å². The molecule has 1 aliphatic rings. The Balaban J connectivity index is 0.000000810. The van der Waals surface area contributed by atoms with E-state index in [9.17, 15) is 4.79 Å². The number of ketones is 1. The zero-order chi connectivity index (χ0) is 7.02. The average Bonchev–Trinajstić information content (AvgIpc) is 1.98. The molecule has 1 rings (SSSR count). The van der Waals surface area contributed by atoms with E-state index >= 15 is 0 Å². The summed E-state index contributed by atoms with van der Waals surface area (Å²) in [5, 5.41) is 0. The van der Waals surface area contributed by atoms with E-state index in [2.05, 4.69) is 0 Å². The molecule has 0 atom stereocenters. The second-order valence-electron chi connectivity index (χ2n) is 2.38. The number of hydrogen-bond donors (Lipinski definition) is 0. The maximum absolute atomic E-state index is 10.8. The third-order valence-corrected chi connectivity index (χ3v) is 1.81. The minimum atomic E-state index is 0. The Labute approximate surface area is 86.5 Å². The molecule has 2 heteroatoms. The van der Waals surface area contributed by atoms with Crippen molar-refractivity contribution in [2.45, 2.75) is 20.3 Å². The standard InChI is InChI=1S/C8H9O.Y/c1-5-4-8(9)7(3)6(5)2;/h1H,4H2,2-3H3;/q-1;. The Morgan fingerprint density at radius 3 is 1.90 bits per heavy atom. The maximum Gasteiger partial charge on any atom is 0.142 e. The van der Waals surface area contributed by atoms with Crippen LogP contribution in [0.1, 0.15) is 20.3 Å². The van der Waals surface area contributed by atoms with Crippen LogP contribution in [0.3, 0.4) is 0 Å². The Morgan fingerprint density at radius 1 is 1.30 bits per heavy atom. The van der Waals surface area contributed by atoms with Crippen molar-refractivity contribution in [1.82, 2.24) is 0 Å². The van der Waals surface area contributed by atoms with Crippen molar-refractivity contribution >= 4 is 5.78 Å². The number of allylic oxidation sites excluding steroid dienone is 3. The largest absolute Gasteiger partial charge is 0.296 e. The maximum atomic E-state index is 10.8. The molecular formula is C8H9OY-. The predicted octanol–water partition coefficient (Wildman–Crippen LogP) is 1.65. The number of rotatable bonds is 0. The van der Waals surface area contributed by atoms with Crippen molar-refractivity contribution in [3.63, 3.8) is 0 Å². The van der Waals surface area contributed by atoms with Crippen LogP contribution in [0.5, 0.6) is 0 Å². The van der Waals surface area contributed by atoms with Crippen LogP contribution in [0.15, 0.2) is 16.7 Å². The summed E-state index contributed by atoms with van der Waals surface area (Å²) in [6, 6.07) is 0. The van der Waals surface area contributed by atoms with Gasteiger partial charge in [0.1, 0.15) is 5.78 Å². The minimum Gasteiger partial charge on any atom is -0.296 e. The molecule has 0 fully saturated rings. The molecule has 0 bridgehead atoms. The molecule has 1 aliphatic carbocycles. The van der Waals surface area contributed by atoms with E-state index in [0.717, 1.165) is 16.7 Å². The summed E-state index contributed by atoms with van der Waals surface area (Å²) in [6.45, 7) is 9.20. The van der Waals surface area contributed by atoms with Crippen LogP contribution < -0.4 is 0 Å². The predicted molar refractivity (Wildman–Crippen MR) is 35.8 cm³/mol. The first-order chi connectivity index (χ1) is 4.13. The van der Waals surface area contributed by atoms with Gasteiger partial charge in [-0.1, -0.05) is 12.5 Å². The van der Waals surface area contributed by atoms with Gasteiger partial charge in [-0.05, 0) is 0 Å². The number of hydrogen-bond acceptors (Lipinski definition) is 1. The minimum absolute atomic E-state index is 0. The summed E-state index contributed by atoms with van der Waals surface area (Å²) in [6.07, 6.45) is 0.428. The Morgan fingerprint density at radius 2 is 1.80 bits per heavy atom. The summed E-state index contributed by atoms with van der Waals surface area (Å²) >= 11 is 0. The second-order valence-corrected chi connectivity index (χ2v) is 2.38. The van der Waals surface area contributed by atoms with Crippen molar-refractivity contribution in [2.24, 2.45) is 0 Å². The molecule has 0 aromatic heterocycles. The van der Waals surface area contributed by atoms with Gasteiger partial charge in [0.2, 0.25) is 0 Å². The van der Waals surface area contributed by atoms with E-state index in [0.29, 0.717) is 6.42 Å². The third kappa shape index (κ3) is 1.64. The zero-order valence-electron chi connectivity index (χ0n) is 6.27. The fourth-order valence-electron chi connectivity index (χ4n) is 0.888. The molecule has 0 aromatic rings. The van der Waals surface area contributed by atoms with Gasteiger partial charge in [-0.15, -0.1) is 6.92 Å². The van der Waals surface area contributed by atoms with E-state index in [1.807, 2.05) is 13.8 Å².